The van der Waals surface area contributed by atoms with Gasteiger partial charge in [-0.2, -0.15) is 0 Å². The van der Waals surface area contributed by atoms with E-state index in [-0.39, 0.29) is 10.6 Å². The van der Waals surface area contributed by atoms with Crippen LogP contribution in [0.25, 0.3) is 0 Å². The number of amides is 1. The summed E-state index contributed by atoms with van der Waals surface area (Å²) in [7, 11) is 1.35. The maximum Gasteiger partial charge on any atom is 0.331 e. The van der Waals surface area contributed by atoms with Gasteiger partial charge in [0.05, 0.1) is 0 Å². The molecular formula is C11H11ClFNO3. The summed E-state index contributed by atoms with van der Waals surface area (Å²) >= 11 is 5.78. The predicted molar refractivity (Wildman–Crippen MR) is 60.2 cm³/mol. The fraction of sp³-hybridized carbons (Fsp3) is 0.273. The highest BCUT2D eigenvalue weighted by atomic mass is 35.5. The van der Waals surface area contributed by atoms with Gasteiger partial charge in [-0.1, -0.05) is 17.7 Å². The van der Waals surface area contributed by atoms with Crippen molar-refractivity contribution in [2.45, 2.75) is 13.0 Å². The molecular weight excluding hydrogens is 249 g/mol. The molecule has 1 atom stereocenters. The number of benzene rings is 1. The van der Waals surface area contributed by atoms with E-state index in [1.165, 1.54) is 20.0 Å². The van der Waals surface area contributed by atoms with Gasteiger partial charge in [-0.25, -0.2) is 9.18 Å². The van der Waals surface area contributed by atoms with E-state index in [0.717, 1.165) is 17.0 Å². The number of halogens is 2. The van der Waals surface area contributed by atoms with Gasteiger partial charge in [0.25, 0.3) is 0 Å². The van der Waals surface area contributed by atoms with Crippen LogP contribution in [0.5, 0.6) is 0 Å². The number of rotatable bonds is 3. The summed E-state index contributed by atoms with van der Waals surface area (Å²) in [4.78, 5) is 23.4. The first kappa shape index (κ1) is 13.4. The number of carboxylic acids is 1. The van der Waals surface area contributed by atoms with Gasteiger partial charge >= 0.3 is 5.97 Å². The molecule has 0 radical (unpaired) electrons. The second-order valence-electron chi connectivity index (χ2n) is 3.54. The molecule has 92 valence electrons. The third kappa shape index (κ3) is 2.94. The fourth-order valence-electron chi connectivity index (χ4n) is 1.41. The smallest absolute Gasteiger partial charge is 0.331 e. The lowest BCUT2D eigenvalue weighted by Crippen LogP contribution is -2.34. The van der Waals surface area contributed by atoms with Crippen LogP contribution in [0, 0.1) is 5.82 Å². The number of hydrogen-bond donors (Lipinski definition) is 1. The van der Waals surface area contributed by atoms with E-state index in [1.807, 2.05) is 0 Å². The Hall–Kier alpha value is -1.62. The molecule has 1 aromatic carbocycles. The van der Waals surface area contributed by atoms with E-state index in [4.69, 9.17) is 16.7 Å². The topological polar surface area (TPSA) is 57.6 Å². The van der Waals surface area contributed by atoms with E-state index in [0.29, 0.717) is 0 Å². The second-order valence-corrected chi connectivity index (χ2v) is 3.94. The fourth-order valence-corrected chi connectivity index (χ4v) is 1.68. The molecule has 0 aliphatic carbocycles. The Labute approximate surface area is 103 Å². The van der Waals surface area contributed by atoms with Crippen molar-refractivity contribution in [2.75, 3.05) is 7.05 Å². The van der Waals surface area contributed by atoms with Crippen LogP contribution in [0.15, 0.2) is 18.2 Å². The zero-order valence-electron chi connectivity index (χ0n) is 9.28. The third-order valence-electron chi connectivity index (χ3n) is 2.37. The molecule has 0 aliphatic heterocycles. The van der Waals surface area contributed by atoms with Crippen molar-refractivity contribution in [1.82, 2.24) is 4.90 Å². The molecule has 0 saturated heterocycles. The van der Waals surface area contributed by atoms with Crippen LogP contribution in [-0.4, -0.2) is 28.9 Å². The molecule has 0 fully saturated rings. The van der Waals surface area contributed by atoms with Crippen molar-refractivity contribution in [3.63, 3.8) is 0 Å². The van der Waals surface area contributed by atoms with Crippen molar-refractivity contribution in [1.29, 1.82) is 0 Å². The SMILES string of the molecule is CC(=O)N(C)C(C(=O)O)c1ccc(F)cc1Cl. The molecule has 1 aromatic rings. The summed E-state index contributed by atoms with van der Waals surface area (Å²) in [5.41, 5.74) is 0.179. The zero-order valence-corrected chi connectivity index (χ0v) is 10.0. The molecule has 0 aliphatic rings. The summed E-state index contributed by atoms with van der Waals surface area (Å²) in [6.07, 6.45) is 0. The highest BCUT2D eigenvalue weighted by Gasteiger charge is 2.28. The number of carbonyl (C=O) groups is 2. The first-order chi connectivity index (χ1) is 7.84. The van der Waals surface area contributed by atoms with Crippen molar-refractivity contribution < 1.29 is 19.1 Å². The summed E-state index contributed by atoms with van der Waals surface area (Å²) in [5, 5.41) is 9.07. The summed E-state index contributed by atoms with van der Waals surface area (Å²) < 4.78 is 12.9. The number of carboxylic acid groups (broad SMARTS) is 1. The molecule has 1 amide bonds. The minimum Gasteiger partial charge on any atom is -0.479 e. The number of likely N-dealkylation sites (N-methyl/N-ethyl adjacent to an activating group) is 1. The Morgan fingerprint density at radius 3 is 2.47 bits per heavy atom. The Morgan fingerprint density at radius 2 is 2.06 bits per heavy atom. The lowest BCUT2D eigenvalue weighted by atomic mass is 10.1. The van der Waals surface area contributed by atoms with Crippen molar-refractivity contribution in [3.05, 3.63) is 34.6 Å². The first-order valence-electron chi connectivity index (χ1n) is 4.75. The van der Waals surface area contributed by atoms with Crippen LogP contribution < -0.4 is 0 Å². The summed E-state index contributed by atoms with van der Waals surface area (Å²) in [5.74, 6) is -2.21. The predicted octanol–water partition coefficient (Wildman–Crippen LogP) is 2.08. The summed E-state index contributed by atoms with van der Waals surface area (Å²) in [6, 6.07) is 2.16. The minimum atomic E-state index is -1.23. The van der Waals surface area contributed by atoms with Gasteiger partial charge in [0.1, 0.15) is 5.82 Å². The van der Waals surface area contributed by atoms with Crippen molar-refractivity contribution in [3.8, 4) is 0 Å². The van der Waals surface area contributed by atoms with Crippen LogP contribution in [-0.2, 0) is 9.59 Å². The maximum atomic E-state index is 12.9. The van der Waals surface area contributed by atoms with Crippen LogP contribution in [0.4, 0.5) is 4.39 Å². The van der Waals surface area contributed by atoms with Crippen molar-refractivity contribution in [2.24, 2.45) is 0 Å². The van der Waals surface area contributed by atoms with Gasteiger partial charge in [0.2, 0.25) is 5.91 Å². The van der Waals surface area contributed by atoms with Crippen LogP contribution in [0.1, 0.15) is 18.5 Å². The van der Waals surface area contributed by atoms with Crippen LogP contribution >= 0.6 is 11.6 Å². The average Bonchev–Trinajstić information content (AvgIpc) is 2.20. The molecule has 0 spiro atoms. The van der Waals surface area contributed by atoms with Gasteiger partial charge < -0.3 is 10.0 Å². The number of aliphatic carboxylic acids is 1. The first-order valence-corrected chi connectivity index (χ1v) is 5.13. The molecule has 0 heterocycles. The Balaban J connectivity index is 3.23. The van der Waals surface area contributed by atoms with Gasteiger partial charge in [0, 0.05) is 24.6 Å². The van der Waals surface area contributed by atoms with Crippen LogP contribution in [0.3, 0.4) is 0 Å². The highest BCUT2D eigenvalue weighted by Crippen LogP contribution is 2.27. The van der Waals surface area contributed by atoms with Crippen LogP contribution in [0.2, 0.25) is 5.02 Å². The standard InChI is InChI=1S/C11H11ClFNO3/c1-6(15)14(2)10(11(16)17)8-4-3-7(13)5-9(8)12/h3-5,10H,1-2H3,(H,16,17). The Bertz CT molecular complexity index is 464. The zero-order chi connectivity index (χ0) is 13.2. The molecule has 1 rings (SSSR count). The lowest BCUT2D eigenvalue weighted by molar-refractivity contribution is -0.148. The van der Waals surface area contributed by atoms with Crippen molar-refractivity contribution >= 4 is 23.5 Å². The number of nitrogens with zero attached hydrogens (tertiary/aromatic N) is 1. The van der Waals surface area contributed by atoms with E-state index in [9.17, 15) is 14.0 Å². The second kappa shape index (κ2) is 5.14. The quantitative estimate of drug-likeness (QED) is 0.904. The molecule has 17 heavy (non-hydrogen) atoms. The molecule has 4 nitrogen and oxygen atoms in total. The monoisotopic (exact) mass is 259 g/mol. The molecule has 1 unspecified atom stereocenters. The lowest BCUT2D eigenvalue weighted by Gasteiger charge is -2.24. The van der Waals surface area contributed by atoms with Gasteiger partial charge in [-0.15, -0.1) is 0 Å². The maximum absolute atomic E-state index is 12.9. The van der Waals surface area contributed by atoms with Gasteiger partial charge in [-0.3, -0.25) is 4.79 Å². The number of hydrogen-bond acceptors (Lipinski definition) is 2. The van der Waals surface area contributed by atoms with E-state index < -0.39 is 23.7 Å². The van der Waals surface area contributed by atoms with Gasteiger partial charge in [-0.05, 0) is 12.1 Å². The molecule has 6 heteroatoms. The normalized spacial score (nSPS) is 12.0. The van der Waals surface area contributed by atoms with E-state index >= 15 is 0 Å². The van der Waals surface area contributed by atoms with Gasteiger partial charge in [0.15, 0.2) is 6.04 Å². The van der Waals surface area contributed by atoms with E-state index in [2.05, 4.69) is 0 Å². The molecule has 0 aromatic heterocycles. The average molecular weight is 260 g/mol. The molecule has 0 saturated carbocycles. The third-order valence-corrected chi connectivity index (χ3v) is 2.70. The Morgan fingerprint density at radius 1 is 1.47 bits per heavy atom. The number of carbonyl (C=O) groups excluding carboxylic acids is 1. The molecule has 0 bridgehead atoms. The largest absolute Gasteiger partial charge is 0.479 e. The molecule has 1 N–H and O–H groups in total. The van der Waals surface area contributed by atoms with E-state index in [1.54, 1.807) is 0 Å². The minimum absolute atomic E-state index is 0.0227. The Kier molecular flexibility index (Phi) is 4.07. The summed E-state index contributed by atoms with van der Waals surface area (Å²) in [6.45, 7) is 1.24. The highest BCUT2D eigenvalue weighted by molar-refractivity contribution is 6.31.